The quantitative estimate of drug-likeness (QED) is 0.659. The maximum atomic E-state index is 12.2. The van der Waals surface area contributed by atoms with Crippen LogP contribution in [0.5, 0.6) is 0 Å². The van der Waals surface area contributed by atoms with Crippen LogP contribution < -0.4 is 5.32 Å². The summed E-state index contributed by atoms with van der Waals surface area (Å²) in [6, 6.07) is 9.37. The first-order valence-electron chi connectivity index (χ1n) is 8.46. The molecule has 1 aromatic carbocycles. The van der Waals surface area contributed by atoms with Gasteiger partial charge >= 0.3 is 12.1 Å². The summed E-state index contributed by atoms with van der Waals surface area (Å²) < 4.78 is 10.8. The number of cyclic esters (lactones) is 1. The minimum atomic E-state index is -0.597. The summed E-state index contributed by atoms with van der Waals surface area (Å²) in [4.78, 5) is 24.2. The molecule has 1 aliphatic heterocycles. The molecule has 5 nitrogen and oxygen atoms in total. The molecule has 1 N–H and O–H groups in total. The van der Waals surface area contributed by atoms with Crippen LogP contribution >= 0.6 is 0 Å². The molecule has 1 amide bonds. The second kappa shape index (κ2) is 8.06. The van der Waals surface area contributed by atoms with Crippen LogP contribution in [0.1, 0.15) is 39.2 Å². The summed E-state index contributed by atoms with van der Waals surface area (Å²) in [6.45, 7) is 5.41. The Kier molecular flexibility index (Phi) is 6.08. The number of nitrogens with one attached hydrogen (secondary N) is 1. The highest BCUT2D eigenvalue weighted by Crippen LogP contribution is 2.27. The highest BCUT2D eigenvalue weighted by Gasteiger charge is 2.39. The van der Waals surface area contributed by atoms with Crippen LogP contribution in [0.15, 0.2) is 30.3 Å². The van der Waals surface area contributed by atoms with Gasteiger partial charge in [-0.15, -0.1) is 12.3 Å². The van der Waals surface area contributed by atoms with Crippen molar-refractivity contribution in [1.29, 1.82) is 0 Å². The highest BCUT2D eigenvalue weighted by molar-refractivity contribution is 5.75. The lowest BCUT2D eigenvalue weighted by molar-refractivity contribution is -0.145. The number of carbonyl (C=O) groups is 2. The van der Waals surface area contributed by atoms with E-state index in [1.807, 2.05) is 30.3 Å². The minimum Gasteiger partial charge on any atom is -0.460 e. The number of hydrogen-bond acceptors (Lipinski definition) is 4. The molecule has 3 atom stereocenters. The Hall–Kier alpha value is -2.48. The van der Waals surface area contributed by atoms with Crippen LogP contribution in [0.25, 0.3) is 0 Å². The van der Waals surface area contributed by atoms with Gasteiger partial charge in [0.25, 0.3) is 0 Å². The van der Waals surface area contributed by atoms with Gasteiger partial charge in [-0.05, 0) is 32.8 Å². The molecule has 0 aliphatic carbocycles. The predicted molar refractivity (Wildman–Crippen MR) is 94.7 cm³/mol. The fourth-order valence-corrected chi connectivity index (χ4v) is 2.83. The third kappa shape index (κ3) is 5.82. The molecule has 2 rings (SSSR count). The standard InChI is InChI=1S/C20H25NO4/c1-5-9-15-13-17(24-18(15)22)16(12-14-10-7-6-8-11-14)21-19(23)25-20(2,3)4/h1,6-8,10-11,15-17H,9,12-13H2,2-4H3,(H,21,23)/t15-,16+,17+/m1/s1. The number of rotatable bonds is 5. The van der Waals surface area contributed by atoms with E-state index in [-0.39, 0.29) is 17.9 Å². The van der Waals surface area contributed by atoms with Crippen LogP contribution in [0.4, 0.5) is 4.79 Å². The summed E-state index contributed by atoms with van der Waals surface area (Å²) >= 11 is 0. The zero-order valence-corrected chi connectivity index (χ0v) is 15.0. The predicted octanol–water partition coefficient (Wildman–Crippen LogP) is 3.08. The number of benzene rings is 1. The SMILES string of the molecule is C#CC[C@@H]1C[C@@H]([C@H](Cc2ccccc2)NC(=O)OC(C)(C)C)OC1=O. The Morgan fingerprint density at radius 3 is 2.68 bits per heavy atom. The molecule has 25 heavy (non-hydrogen) atoms. The Balaban J connectivity index is 2.11. The second-order valence-electron chi connectivity index (χ2n) is 7.26. The van der Waals surface area contributed by atoms with Crippen molar-refractivity contribution in [3.8, 4) is 12.3 Å². The van der Waals surface area contributed by atoms with Crippen molar-refractivity contribution < 1.29 is 19.1 Å². The van der Waals surface area contributed by atoms with E-state index in [2.05, 4.69) is 11.2 Å². The van der Waals surface area contributed by atoms with Crippen molar-refractivity contribution in [3.63, 3.8) is 0 Å². The maximum absolute atomic E-state index is 12.2. The molecule has 1 heterocycles. The summed E-state index contributed by atoms with van der Waals surface area (Å²) in [5.74, 6) is 1.90. The highest BCUT2D eigenvalue weighted by atomic mass is 16.6. The molecule has 0 spiro atoms. The van der Waals surface area contributed by atoms with Crippen molar-refractivity contribution in [2.24, 2.45) is 5.92 Å². The first kappa shape index (κ1) is 18.9. The van der Waals surface area contributed by atoms with Crippen LogP contribution in [0.2, 0.25) is 0 Å². The first-order valence-corrected chi connectivity index (χ1v) is 8.46. The van der Waals surface area contributed by atoms with Crippen LogP contribution in [-0.2, 0) is 20.7 Å². The number of alkyl carbamates (subject to hydrolysis) is 1. The van der Waals surface area contributed by atoms with Crippen LogP contribution in [-0.4, -0.2) is 29.8 Å². The topological polar surface area (TPSA) is 64.6 Å². The van der Waals surface area contributed by atoms with E-state index in [0.717, 1.165) is 5.56 Å². The van der Waals surface area contributed by atoms with Crippen LogP contribution in [0.3, 0.4) is 0 Å². The minimum absolute atomic E-state index is 0.299. The molecule has 5 heteroatoms. The van der Waals surface area contributed by atoms with Crippen molar-refractivity contribution in [1.82, 2.24) is 5.32 Å². The van der Waals surface area contributed by atoms with Crippen molar-refractivity contribution in [2.45, 2.75) is 57.8 Å². The van der Waals surface area contributed by atoms with E-state index < -0.39 is 17.8 Å². The van der Waals surface area contributed by atoms with Gasteiger partial charge in [-0.1, -0.05) is 30.3 Å². The maximum Gasteiger partial charge on any atom is 0.408 e. The van der Waals surface area contributed by atoms with E-state index >= 15 is 0 Å². The number of amides is 1. The summed E-state index contributed by atoms with van der Waals surface area (Å²) in [5, 5.41) is 2.86. The second-order valence-corrected chi connectivity index (χ2v) is 7.26. The molecule has 1 aromatic rings. The largest absolute Gasteiger partial charge is 0.460 e. The Labute approximate surface area is 149 Å². The van der Waals surface area contributed by atoms with Gasteiger partial charge in [0.15, 0.2) is 0 Å². The van der Waals surface area contributed by atoms with Gasteiger partial charge in [0.2, 0.25) is 0 Å². The molecule has 0 unspecified atom stereocenters. The summed E-state index contributed by atoms with van der Waals surface area (Å²) in [7, 11) is 0. The van der Waals surface area contributed by atoms with Gasteiger partial charge < -0.3 is 14.8 Å². The number of esters is 1. The lowest BCUT2D eigenvalue weighted by Gasteiger charge is -2.26. The third-order valence-corrected chi connectivity index (χ3v) is 3.93. The van der Waals surface area contributed by atoms with Crippen molar-refractivity contribution >= 4 is 12.1 Å². The number of carbonyl (C=O) groups excluding carboxylic acids is 2. The Morgan fingerprint density at radius 2 is 2.08 bits per heavy atom. The van der Waals surface area contributed by atoms with Crippen molar-refractivity contribution in [2.75, 3.05) is 0 Å². The van der Waals surface area contributed by atoms with Gasteiger partial charge in [-0.2, -0.15) is 0 Å². The Bertz CT molecular complexity index is 642. The number of hydrogen-bond donors (Lipinski definition) is 1. The smallest absolute Gasteiger partial charge is 0.408 e. The molecule has 134 valence electrons. The molecule has 0 radical (unpaired) electrons. The molecule has 0 bridgehead atoms. The van der Waals surface area contributed by atoms with Crippen LogP contribution in [0, 0.1) is 18.3 Å². The first-order chi connectivity index (χ1) is 11.8. The third-order valence-electron chi connectivity index (χ3n) is 3.93. The molecule has 0 saturated carbocycles. The monoisotopic (exact) mass is 343 g/mol. The zero-order chi connectivity index (χ0) is 18.4. The van der Waals surface area contributed by atoms with Gasteiger partial charge in [0, 0.05) is 12.8 Å². The molecule has 1 aliphatic rings. The molecule has 1 saturated heterocycles. The lowest BCUT2D eigenvalue weighted by atomic mass is 9.94. The lowest BCUT2D eigenvalue weighted by Crippen LogP contribution is -2.46. The fourth-order valence-electron chi connectivity index (χ4n) is 2.83. The number of terminal acetylenes is 1. The molecule has 1 fully saturated rings. The van der Waals surface area contributed by atoms with E-state index in [1.54, 1.807) is 20.8 Å². The van der Waals surface area contributed by atoms with Gasteiger partial charge in [0.1, 0.15) is 11.7 Å². The molecular formula is C20H25NO4. The number of ether oxygens (including phenoxy) is 2. The van der Waals surface area contributed by atoms with E-state index in [0.29, 0.717) is 19.3 Å². The van der Waals surface area contributed by atoms with E-state index in [9.17, 15) is 9.59 Å². The normalized spacial score (nSPS) is 21.1. The zero-order valence-electron chi connectivity index (χ0n) is 15.0. The fraction of sp³-hybridized carbons (Fsp3) is 0.500. The average molecular weight is 343 g/mol. The van der Waals surface area contributed by atoms with E-state index in [4.69, 9.17) is 15.9 Å². The molecular weight excluding hydrogens is 318 g/mol. The van der Waals surface area contributed by atoms with Gasteiger partial charge in [-0.3, -0.25) is 4.79 Å². The van der Waals surface area contributed by atoms with E-state index in [1.165, 1.54) is 0 Å². The Morgan fingerprint density at radius 1 is 1.40 bits per heavy atom. The van der Waals surface area contributed by atoms with Gasteiger partial charge in [0.05, 0.1) is 12.0 Å². The summed E-state index contributed by atoms with van der Waals surface area (Å²) in [5.41, 5.74) is 0.444. The van der Waals surface area contributed by atoms with Gasteiger partial charge in [-0.25, -0.2) is 4.79 Å². The molecule has 0 aromatic heterocycles. The average Bonchev–Trinajstić information content (AvgIpc) is 2.87. The van der Waals surface area contributed by atoms with Crippen molar-refractivity contribution in [3.05, 3.63) is 35.9 Å². The summed E-state index contributed by atoms with van der Waals surface area (Å²) in [6.07, 6.45) is 5.76.